The van der Waals surface area contributed by atoms with Crippen molar-refractivity contribution in [3.05, 3.63) is 35.4 Å². The van der Waals surface area contributed by atoms with Crippen LogP contribution in [0, 0.1) is 6.92 Å². The number of benzene rings is 1. The maximum absolute atomic E-state index is 5.78. The predicted molar refractivity (Wildman–Crippen MR) is 77.9 cm³/mol. The molecule has 0 aliphatic carbocycles. The van der Waals surface area contributed by atoms with Crippen LogP contribution in [0.2, 0.25) is 0 Å². The van der Waals surface area contributed by atoms with Gasteiger partial charge in [0.25, 0.3) is 0 Å². The molecule has 2 heteroatoms. The highest BCUT2D eigenvalue weighted by molar-refractivity contribution is 5.28. The molecule has 0 saturated carbocycles. The van der Waals surface area contributed by atoms with Crippen molar-refractivity contribution in [2.75, 3.05) is 20.3 Å². The van der Waals surface area contributed by atoms with Crippen molar-refractivity contribution in [3.8, 4) is 0 Å². The van der Waals surface area contributed by atoms with Gasteiger partial charge in [-0.2, -0.15) is 0 Å². The summed E-state index contributed by atoms with van der Waals surface area (Å²) < 4.78 is 5.78. The molecule has 0 spiro atoms. The van der Waals surface area contributed by atoms with Crippen molar-refractivity contribution in [1.82, 2.24) is 5.32 Å². The van der Waals surface area contributed by atoms with E-state index in [-0.39, 0.29) is 0 Å². The Balaban J connectivity index is 2.32. The fourth-order valence-electron chi connectivity index (χ4n) is 2.14. The van der Waals surface area contributed by atoms with Crippen LogP contribution in [0.25, 0.3) is 0 Å². The topological polar surface area (TPSA) is 21.3 Å². The fraction of sp³-hybridized carbons (Fsp3) is 0.625. The molecule has 1 unspecified atom stereocenters. The molecule has 1 N–H and O–H groups in total. The van der Waals surface area contributed by atoms with Gasteiger partial charge in [0.15, 0.2) is 0 Å². The minimum absolute atomic E-state index is 0.303. The Morgan fingerprint density at radius 1 is 1.17 bits per heavy atom. The number of nitrogens with one attached hydrogen (secondary N) is 1. The zero-order valence-corrected chi connectivity index (χ0v) is 12.0. The molecule has 0 heterocycles. The zero-order chi connectivity index (χ0) is 13.2. The van der Waals surface area contributed by atoms with Gasteiger partial charge in [0.1, 0.15) is 0 Å². The number of likely N-dealkylation sites (N-methyl/N-ethyl adjacent to an activating group) is 1. The molecule has 0 aliphatic heterocycles. The summed E-state index contributed by atoms with van der Waals surface area (Å²) in [5, 5.41) is 3.34. The van der Waals surface area contributed by atoms with Crippen LogP contribution in [0.3, 0.4) is 0 Å². The quantitative estimate of drug-likeness (QED) is 0.671. The lowest BCUT2D eigenvalue weighted by Gasteiger charge is -2.18. The second-order valence-corrected chi connectivity index (χ2v) is 4.83. The molecular formula is C16H27NO. The third-order valence-electron chi connectivity index (χ3n) is 3.34. The Hall–Kier alpha value is -0.860. The molecule has 0 fully saturated rings. The summed E-state index contributed by atoms with van der Waals surface area (Å²) in [6.07, 6.45) is 5.06. The van der Waals surface area contributed by atoms with Gasteiger partial charge >= 0.3 is 0 Å². The lowest BCUT2D eigenvalue weighted by Crippen LogP contribution is -2.22. The lowest BCUT2D eigenvalue weighted by molar-refractivity contribution is 0.110. The van der Waals surface area contributed by atoms with Crippen molar-refractivity contribution in [3.63, 3.8) is 0 Å². The van der Waals surface area contributed by atoms with E-state index in [2.05, 4.69) is 43.4 Å². The Morgan fingerprint density at radius 2 is 1.94 bits per heavy atom. The molecule has 1 aromatic rings. The van der Waals surface area contributed by atoms with Crippen molar-refractivity contribution in [2.24, 2.45) is 0 Å². The van der Waals surface area contributed by atoms with Crippen molar-refractivity contribution < 1.29 is 4.74 Å². The molecule has 0 radical (unpaired) electrons. The number of unbranched alkanes of at least 4 members (excludes halogenated alkanes) is 3. The van der Waals surface area contributed by atoms with E-state index in [1.54, 1.807) is 0 Å². The van der Waals surface area contributed by atoms with E-state index in [0.717, 1.165) is 13.2 Å². The van der Waals surface area contributed by atoms with Gasteiger partial charge in [0.05, 0.1) is 12.6 Å². The third-order valence-corrected chi connectivity index (χ3v) is 3.34. The maximum atomic E-state index is 5.78. The van der Waals surface area contributed by atoms with Crippen LogP contribution in [0.15, 0.2) is 24.3 Å². The van der Waals surface area contributed by atoms with E-state index in [9.17, 15) is 0 Å². The largest absolute Gasteiger partial charge is 0.379 e. The van der Waals surface area contributed by atoms with Crippen LogP contribution in [0.5, 0.6) is 0 Å². The van der Waals surface area contributed by atoms with E-state index < -0.39 is 0 Å². The van der Waals surface area contributed by atoms with Crippen molar-refractivity contribution in [1.29, 1.82) is 0 Å². The number of hydrogen-bond donors (Lipinski definition) is 1. The summed E-state index contributed by atoms with van der Waals surface area (Å²) in [7, 11) is 2.00. The predicted octanol–water partition coefficient (Wildman–Crippen LogP) is 3.85. The molecule has 0 aromatic heterocycles. The summed E-state index contributed by atoms with van der Waals surface area (Å²) in [5.74, 6) is 0. The normalized spacial score (nSPS) is 12.6. The van der Waals surface area contributed by atoms with Gasteiger partial charge in [0.2, 0.25) is 0 Å². The molecule has 0 amide bonds. The number of ether oxygens (including phenoxy) is 1. The molecule has 0 aliphatic rings. The Labute approximate surface area is 112 Å². The SMILES string of the molecule is CCCCCCOCC(NC)c1ccccc1C. The average molecular weight is 249 g/mol. The molecule has 18 heavy (non-hydrogen) atoms. The summed E-state index contributed by atoms with van der Waals surface area (Å²) in [4.78, 5) is 0. The van der Waals surface area contributed by atoms with Gasteiger partial charge in [-0.05, 0) is 31.5 Å². The first-order valence-electron chi connectivity index (χ1n) is 7.10. The van der Waals surface area contributed by atoms with Gasteiger partial charge in [-0.1, -0.05) is 50.5 Å². The van der Waals surface area contributed by atoms with Crippen molar-refractivity contribution in [2.45, 2.75) is 45.6 Å². The van der Waals surface area contributed by atoms with E-state index in [1.165, 1.54) is 36.8 Å². The first-order valence-corrected chi connectivity index (χ1v) is 7.10. The van der Waals surface area contributed by atoms with Gasteiger partial charge in [-0.15, -0.1) is 0 Å². The van der Waals surface area contributed by atoms with Crippen molar-refractivity contribution >= 4 is 0 Å². The molecule has 1 aromatic carbocycles. The summed E-state index contributed by atoms with van der Waals surface area (Å²) in [6, 6.07) is 8.81. The van der Waals surface area contributed by atoms with Crippen LogP contribution >= 0.6 is 0 Å². The zero-order valence-electron chi connectivity index (χ0n) is 12.0. The smallest absolute Gasteiger partial charge is 0.0661 e. The number of aryl methyl sites for hydroxylation is 1. The molecular weight excluding hydrogens is 222 g/mol. The standard InChI is InChI=1S/C16H27NO/c1-4-5-6-9-12-18-13-16(17-3)15-11-8-7-10-14(15)2/h7-8,10-11,16-17H,4-6,9,12-13H2,1-3H3. The molecule has 2 nitrogen and oxygen atoms in total. The second-order valence-electron chi connectivity index (χ2n) is 4.83. The van der Waals surface area contributed by atoms with Gasteiger partial charge in [-0.25, -0.2) is 0 Å². The van der Waals surface area contributed by atoms with Crippen LogP contribution in [-0.4, -0.2) is 20.3 Å². The second kappa shape index (κ2) is 9.12. The van der Waals surface area contributed by atoms with Gasteiger partial charge in [-0.3, -0.25) is 0 Å². The minimum Gasteiger partial charge on any atom is -0.379 e. The Kier molecular flexibility index (Phi) is 7.70. The van der Waals surface area contributed by atoms with Crippen LogP contribution in [0.4, 0.5) is 0 Å². The summed E-state index contributed by atoms with van der Waals surface area (Å²) in [6.45, 7) is 6.02. The van der Waals surface area contributed by atoms with E-state index >= 15 is 0 Å². The molecule has 1 atom stereocenters. The van der Waals surface area contributed by atoms with E-state index in [1.807, 2.05) is 7.05 Å². The summed E-state index contributed by atoms with van der Waals surface area (Å²) >= 11 is 0. The summed E-state index contributed by atoms with van der Waals surface area (Å²) in [5.41, 5.74) is 2.67. The van der Waals surface area contributed by atoms with Gasteiger partial charge in [0, 0.05) is 6.61 Å². The Morgan fingerprint density at radius 3 is 2.61 bits per heavy atom. The minimum atomic E-state index is 0.303. The van der Waals surface area contributed by atoms with Crippen LogP contribution < -0.4 is 5.32 Å². The Bertz CT molecular complexity index is 325. The number of rotatable bonds is 9. The first kappa shape index (κ1) is 15.2. The average Bonchev–Trinajstić information content (AvgIpc) is 2.39. The first-order chi connectivity index (χ1) is 8.79. The monoisotopic (exact) mass is 249 g/mol. The fourth-order valence-corrected chi connectivity index (χ4v) is 2.14. The molecule has 0 saturated heterocycles. The molecule has 102 valence electrons. The van der Waals surface area contributed by atoms with Crippen LogP contribution in [0.1, 0.15) is 49.8 Å². The van der Waals surface area contributed by atoms with E-state index in [0.29, 0.717) is 6.04 Å². The maximum Gasteiger partial charge on any atom is 0.0661 e. The number of hydrogen-bond acceptors (Lipinski definition) is 2. The highest BCUT2D eigenvalue weighted by Crippen LogP contribution is 2.17. The highest BCUT2D eigenvalue weighted by atomic mass is 16.5. The highest BCUT2D eigenvalue weighted by Gasteiger charge is 2.10. The molecule has 1 rings (SSSR count). The van der Waals surface area contributed by atoms with E-state index in [4.69, 9.17) is 4.74 Å². The molecule has 0 bridgehead atoms. The lowest BCUT2D eigenvalue weighted by atomic mass is 10.0. The third kappa shape index (κ3) is 5.19. The van der Waals surface area contributed by atoms with Crippen LogP contribution in [-0.2, 0) is 4.74 Å². The van der Waals surface area contributed by atoms with Gasteiger partial charge < -0.3 is 10.1 Å².